The molecule has 3 nitrogen and oxygen atoms in total. The maximum atomic E-state index is 13.2. The number of hydrogen-bond donors (Lipinski definition) is 1. The summed E-state index contributed by atoms with van der Waals surface area (Å²) in [6.45, 7) is 2.00. The van der Waals surface area contributed by atoms with Gasteiger partial charge in [0.1, 0.15) is 23.2 Å². The summed E-state index contributed by atoms with van der Waals surface area (Å²) in [5.41, 5.74) is 6.50. The molecule has 0 heterocycles. The lowest BCUT2D eigenvalue weighted by molar-refractivity contribution is 0.476. The van der Waals surface area contributed by atoms with Gasteiger partial charge in [-0.15, -0.1) is 11.8 Å². The molecule has 102 valence electrons. The van der Waals surface area contributed by atoms with Crippen molar-refractivity contribution in [2.24, 2.45) is 0 Å². The van der Waals surface area contributed by atoms with Crippen molar-refractivity contribution in [3.05, 3.63) is 47.8 Å². The predicted octanol–water partition coefficient (Wildman–Crippen LogP) is 4.18. The minimum atomic E-state index is -0.438. The van der Waals surface area contributed by atoms with Crippen LogP contribution in [0.15, 0.2) is 41.3 Å². The highest BCUT2D eigenvalue weighted by Crippen LogP contribution is 2.34. The first-order valence-electron chi connectivity index (χ1n) is 6.04. The zero-order valence-electron chi connectivity index (χ0n) is 10.9. The van der Waals surface area contributed by atoms with Crippen molar-refractivity contribution in [1.29, 1.82) is 5.26 Å². The molecule has 0 radical (unpaired) electrons. The lowest BCUT2D eigenvalue weighted by atomic mass is 10.2. The fraction of sp³-hybridized carbons (Fsp3) is 0.133. The first-order valence-corrected chi connectivity index (χ1v) is 7.03. The highest BCUT2D eigenvalue weighted by molar-refractivity contribution is 7.99. The summed E-state index contributed by atoms with van der Waals surface area (Å²) in [4.78, 5) is 0.836. The molecule has 0 fully saturated rings. The van der Waals surface area contributed by atoms with Crippen LogP contribution in [0.5, 0.6) is 11.5 Å². The van der Waals surface area contributed by atoms with Crippen molar-refractivity contribution >= 4 is 17.4 Å². The molecule has 0 atom stereocenters. The standard InChI is InChI=1S/C15H13FN2OS/c1-2-20-15-5-3-4-13(11(15)9-17)19-14-8-10(16)6-7-12(14)18/h3-8H,2,18H2,1H3. The molecular formula is C15H13FN2OS. The molecule has 20 heavy (non-hydrogen) atoms. The number of nitriles is 1. The van der Waals surface area contributed by atoms with E-state index < -0.39 is 5.82 Å². The second kappa shape index (κ2) is 6.31. The Morgan fingerprint density at radius 3 is 2.80 bits per heavy atom. The summed E-state index contributed by atoms with van der Waals surface area (Å²) in [7, 11) is 0. The number of ether oxygens (including phenoxy) is 1. The van der Waals surface area contributed by atoms with E-state index in [1.165, 1.54) is 18.2 Å². The van der Waals surface area contributed by atoms with Crippen LogP contribution in [0.2, 0.25) is 0 Å². The molecule has 0 aliphatic carbocycles. The fourth-order valence-electron chi connectivity index (χ4n) is 1.70. The molecule has 0 bridgehead atoms. The Morgan fingerprint density at radius 2 is 2.10 bits per heavy atom. The van der Waals surface area contributed by atoms with Gasteiger partial charge in [0, 0.05) is 11.0 Å². The molecule has 2 N–H and O–H groups in total. The van der Waals surface area contributed by atoms with Gasteiger partial charge in [-0.2, -0.15) is 5.26 Å². The number of anilines is 1. The fourth-order valence-corrected chi connectivity index (χ4v) is 2.47. The van der Waals surface area contributed by atoms with Gasteiger partial charge in [-0.05, 0) is 30.0 Å². The number of rotatable bonds is 4. The Morgan fingerprint density at radius 1 is 1.30 bits per heavy atom. The van der Waals surface area contributed by atoms with Gasteiger partial charge >= 0.3 is 0 Å². The molecular weight excluding hydrogens is 275 g/mol. The third-order valence-corrected chi connectivity index (χ3v) is 3.54. The van der Waals surface area contributed by atoms with Gasteiger partial charge in [0.25, 0.3) is 0 Å². The molecule has 2 aromatic carbocycles. The van der Waals surface area contributed by atoms with Crippen LogP contribution in [0, 0.1) is 17.1 Å². The van der Waals surface area contributed by atoms with E-state index >= 15 is 0 Å². The first kappa shape index (κ1) is 14.2. The second-order valence-corrected chi connectivity index (χ2v) is 5.26. The number of thioether (sulfide) groups is 1. The third kappa shape index (κ3) is 3.03. The Hall–Kier alpha value is -2.19. The topological polar surface area (TPSA) is 59.0 Å². The average molecular weight is 288 g/mol. The molecule has 0 amide bonds. The van der Waals surface area contributed by atoms with Crippen LogP contribution in [0.4, 0.5) is 10.1 Å². The molecule has 5 heteroatoms. The molecule has 0 saturated heterocycles. The lowest BCUT2D eigenvalue weighted by Crippen LogP contribution is -1.95. The van der Waals surface area contributed by atoms with Crippen molar-refractivity contribution in [3.63, 3.8) is 0 Å². The maximum absolute atomic E-state index is 13.2. The smallest absolute Gasteiger partial charge is 0.153 e. The summed E-state index contributed by atoms with van der Waals surface area (Å²) < 4.78 is 18.8. The zero-order valence-corrected chi connectivity index (χ0v) is 11.7. The Balaban J connectivity index is 2.41. The maximum Gasteiger partial charge on any atom is 0.153 e. The SMILES string of the molecule is CCSc1cccc(Oc2cc(F)ccc2N)c1C#N. The van der Waals surface area contributed by atoms with E-state index in [1.807, 2.05) is 13.0 Å². The van der Waals surface area contributed by atoms with Gasteiger partial charge in [0.2, 0.25) is 0 Å². The van der Waals surface area contributed by atoms with Gasteiger partial charge in [-0.25, -0.2) is 4.39 Å². The molecule has 0 unspecified atom stereocenters. The van der Waals surface area contributed by atoms with Crippen molar-refractivity contribution in [2.75, 3.05) is 11.5 Å². The summed E-state index contributed by atoms with van der Waals surface area (Å²) in [6, 6.07) is 11.3. The van der Waals surface area contributed by atoms with Crippen molar-refractivity contribution in [3.8, 4) is 17.6 Å². The van der Waals surface area contributed by atoms with Crippen LogP contribution in [0.3, 0.4) is 0 Å². The Bertz CT molecular complexity index is 667. The second-order valence-electron chi connectivity index (χ2n) is 3.96. The molecule has 2 aromatic rings. The zero-order chi connectivity index (χ0) is 14.5. The van der Waals surface area contributed by atoms with E-state index in [-0.39, 0.29) is 5.75 Å². The van der Waals surface area contributed by atoms with E-state index in [9.17, 15) is 9.65 Å². The molecule has 2 rings (SSSR count). The minimum Gasteiger partial charge on any atom is -0.454 e. The van der Waals surface area contributed by atoms with Crippen molar-refractivity contribution in [2.45, 2.75) is 11.8 Å². The van der Waals surface area contributed by atoms with Crippen LogP contribution in [-0.2, 0) is 0 Å². The summed E-state index contributed by atoms with van der Waals surface area (Å²) in [6.07, 6.45) is 0. The van der Waals surface area contributed by atoms with Crippen molar-refractivity contribution in [1.82, 2.24) is 0 Å². The number of nitrogens with zero attached hydrogens (tertiary/aromatic N) is 1. The highest BCUT2D eigenvalue weighted by Gasteiger charge is 2.12. The molecule has 0 aliphatic heterocycles. The summed E-state index contributed by atoms with van der Waals surface area (Å²) in [5.74, 6) is 0.996. The van der Waals surface area contributed by atoms with Crippen LogP contribution < -0.4 is 10.5 Å². The predicted molar refractivity (Wildman–Crippen MR) is 78.4 cm³/mol. The van der Waals surface area contributed by atoms with E-state index in [0.29, 0.717) is 17.0 Å². The molecule has 0 aromatic heterocycles. The van der Waals surface area contributed by atoms with E-state index in [4.69, 9.17) is 10.5 Å². The van der Waals surface area contributed by atoms with Gasteiger partial charge in [-0.1, -0.05) is 13.0 Å². The van der Waals surface area contributed by atoms with Crippen LogP contribution in [0.1, 0.15) is 12.5 Å². The van der Waals surface area contributed by atoms with Crippen LogP contribution >= 0.6 is 11.8 Å². The van der Waals surface area contributed by atoms with Crippen molar-refractivity contribution < 1.29 is 9.13 Å². The summed E-state index contributed by atoms with van der Waals surface area (Å²) in [5, 5.41) is 9.28. The van der Waals surface area contributed by atoms with E-state index in [2.05, 4.69) is 6.07 Å². The average Bonchev–Trinajstić information content (AvgIpc) is 2.43. The van der Waals surface area contributed by atoms with E-state index in [1.54, 1.807) is 23.9 Å². The largest absolute Gasteiger partial charge is 0.454 e. The number of hydrogen-bond acceptors (Lipinski definition) is 4. The number of nitrogens with two attached hydrogens (primary N) is 1. The van der Waals surface area contributed by atoms with Gasteiger partial charge < -0.3 is 10.5 Å². The number of halogens is 1. The third-order valence-electron chi connectivity index (χ3n) is 2.60. The molecule has 0 spiro atoms. The van der Waals surface area contributed by atoms with Gasteiger partial charge in [0.15, 0.2) is 5.75 Å². The normalized spacial score (nSPS) is 10.1. The molecule has 0 aliphatic rings. The van der Waals surface area contributed by atoms with E-state index in [0.717, 1.165) is 10.6 Å². The minimum absolute atomic E-state index is 0.208. The lowest BCUT2D eigenvalue weighted by Gasteiger charge is -2.11. The Labute approximate surface area is 121 Å². The van der Waals surface area contributed by atoms with Gasteiger partial charge in [-0.3, -0.25) is 0 Å². The summed E-state index contributed by atoms with van der Waals surface area (Å²) >= 11 is 1.55. The van der Waals surface area contributed by atoms with Crippen LogP contribution in [-0.4, -0.2) is 5.75 Å². The van der Waals surface area contributed by atoms with Gasteiger partial charge in [0.05, 0.1) is 5.69 Å². The first-order chi connectivity index (χ1) is 9.65. The number of nitrogen functional groups attached to an aromatic ring is 1. The molecule has 0 saturated carbocycles. The number of benzene rings is 2. The Kier molecular flexibility index (Phi) is 4.49. The van der Waals surface area contributed by atoms with Crippen LogP contribution in [0.25, 0.3) is 0 Å². The monoisotopic (exact) mass is 288 g/mol. The highest BCUT2D eigenvalue weighted by atomic mass is 32.2. The quantitative estimate of drug-likeness (QED) is 0.677.